The van der Waals surface area contributed by atoms with Crippen molar-refractivity contribution < 1.29 is 9.53 Å². The number of ether oxygens (including phenoxy) is 1. The summed E-state index contributed by atoms with van der Waals surface area (Å²) in [6, 6.07) is 15.6. The quantitative estimate of drug-likeness (QED) is 0.218. The molecule has 0 saturated heterocycles. The van der Waals surface area contributed by atoms with Crippen LogP contribution >= 0.6 is 0 Å². The van der Waals surface area contributed by atoms with E-state index in [-0.39, 0.29) is 0 Å². The van der Waals surface area contributed by atoms with Crippen LogP contribution in [0.25, 0.3) is 0 Å². The van der Waals surface area contributed by atoms with Gasteiger partial charge in [0.15, 0.2) is 0 Å². The van der Waals surface area contributed by atoms with E-state index >= 15 is 0 Å². The van der Waals surface area contributed by atoms with Crippen LogP contribution in [0, 0.1) is 17.2 Å². The Hall–Kier alpha value is -2.60. The van der Waals surface area contributed by atoms with Gasteiger partial charge in [-0.15, -0.1) is 0 Å². The maximum absolute atomic E-state index is 12.7. The van der Waals surface area contributed by atoms with Gasteiger partial charge in [-0.3, -0.25) is 0 Å². The van der Waals surface area contributed by atoms with Gasteiger partial charge in [0.05, 0.1) is 11.1 Å². The number of carbonyl (C=O) groups is 1. The van der Waals surface area contributed by atoms with Crippen LogP contribution in [0.3, 0.4) is 0 Å². The lowest BCUT2D eigenvalue weighted by atomic mass is 9.79. The number of nitriles is 1. The highest BCUT2D eigenvalue weighted by Crippen LogP contribution is 2.35. The summed E-state index contributed by atoms with van der Waals surface area (Å²) in [5, 5.41) is 9.55. The fourth-order valence-electron chi connectivity index (χ4n) is 4.66. The first-order valence-electron chi connectivity index (χ1n) is 12.5. The summed E-state index contributed by atoms with van der Waals surface area (Å²) in [6.45, 7) is 4.55. The number of unbranched alkanes of at least 4 members (excludes halogenated alkanes) is 5. The monoisotopic (exact) mass is 431 g/mol. The molecule has 0 spiro atoms. The highest BCUT2D eigenvalue weighted by molar-refractivity contribution is 5.91. The van der Waals surface area contributed by atoms with Gasteiger partial charge in [-0.1, -0.05) is 77.0 Å². The van der Waals surface area contributed by atoms with Gasteiger partial charge < -0.3 is 4.74 Å². The van der Waals surface area contributed by atoms with Gasteiger partial charge >= 0.3 is 5.97 Å². The topological polar surface area (TPSA) is 50.1 Å². The molecule has 32 heavy (non-hydrogen) atoms. The third-order valence-corrected chi connectivity index (χ3v) is 6.82. The van der Waals surface area contributed by atoms with Gasteiger partial charge in [0.1, 0.15) is 11.8 Å². The van der Waals surface area contributed by atoms with Crippen LogP contribution < -0.4 is 4.74 Å². The molecule has 0 atom stereocenters. The lowest BCUT2D eigenvalue weighted by molar-refractivity contribution is 0.0734. The molecule has 1 saturated carbocycles. The SMILES string of the molecule is CCCCCCCCc1ccc(OC(=O)c2ccc(C3CCC(C)CC3)cc2)c(C#N)c1. The maximum Gasteiger partial charge on any atom is 0.343 e. The normalized spacial score (nSPS) is 18.2. The number of aryl methyl sites for hydroxylation is 1. The van der Waals surface area contributed by atoms with E-state index in [2.05, 4.69) is 32.0 Å². The zero-order valence-electron chi connectivity index (χ0n) is 19.7. The molecule has 0 amide bonds. The average Bonchev–Trinajstić information content (AvgIpc) is 2.82. The molecular weight excluding hydrogens is 394 g/mol. The smallest absolute Gasteiger partial charge is 0.343 e. The van der Waals surface area contributed by atoms with E-state index in [9.17, 15) is 10.1 Å². The first-order valence-corrected chi connectivity index (χ1v) is 12.5. The van der Waals surface area contributed by atoms with Crippen LogP contribution in [0.15, 0.2) is 42.5 Å². The van der Waals surface area contributed by atoms with Crippen molar-refractivity contribution in [2.24, 2.45) is 5.92 Å². The van der Waals surface area contributed by atoms with E-state index in [4.69, 9.17) is 4.74 Å². The van der Waals surface area contributed by atoms with E-state index in [1.165, 1.54) is 63.4 Å². The summed E-state index contributed by atoms with van der Waals surface area (Å²) in [5.41, 5.74) is 3.39. The molecule has 0 aromatic heterocycles. The molecule has 3 nitrogen and oxygen atoms in total. The number of rotatable bonds is 10. The molecule has 1 fully saturated rings. The number of nitrogens with zero attached hydrogens (tertiary/aromatic N) is 1. The number of hydrogen-bond donors (Lipinski definition) is 0. The fourth-order valence-corrected chi connectivity index (χ4v) is 4.66. The zero-order chi connectivity index (χ0) is 22.8. The largest absolute Gasteiger partial charge is 0.422 e. The lowest BCUT2D eigenvalue weighted by Crippen LogP contribution is -2.12. The minimum absolute atomic E-state index is 0.342. The molecule has 0 heterocycles. The molecule has 0 aliphatic heterocycles. The Morgan fingerprint density at radius 1 is 0.969 bits per heavy atom. The third-order valence-electron chi connectivity index (χ3n) is 6.82. The molecule has 1 aliphatic rings. The Bertz CT molecular complexity index is 902. The van der Waals surface area contributed by atoms with Crippen molar-refractivity contribution in [1.29, 1.82) is 5.26 Å². The second-order valence-corrected chi connectivity index (χ2v) is 9.43. The third kappa shape index (κ3) is 6.95. The predicted molar refractivity (Wildman–Crippen MR) is 130 cm³/mol. The number of benzene rings is 2. The number of carbonyl (C=O) groups excluding carboxylic acids is 1. The molecule has 3 rings (SSSR count). The van der Waals surface area contributed by atoms with Crippen LogP contribution in [0.2, 0.25) is 0 Å². The lowest BCUT2D eigenvalue weighted by Gasteiger charge is -2.26. The maximum atomic E-state index is 12.7. The van der Waals surface area contributed by atoms with Crippen molar-refractivity contribution >= 4 is 5.97 Å². The summed E-state index contributed by atoms with van der Waals surface area (Å²) >= 11 is 0. The van der Waals surface area contributed by atoms with Crippen molar-refractivity contribution in [3.05, 3.63) is 64.7 Å². The molecule has 2 aromatic rings. The first-order chi connectivity index (χ1) is 15.6. The summed E-state index contributed by atoms with van der Waals surface area (Å²) in [7, 11) is 0. The Kier molecular flexibility index (Phi) is 9.35. The second kappa shape index (κ2) is 12.4. The average molecular weight is 432 g/mol. The van der Waals surface area contributed by atoms with E-state index in [1.807, 2.05) is 24.3 Å². The zero-order valence-corrected chi connectivity index (χ0v) is 19.7. The second-order valence-electron chi connectivity index (χ2n) is 9.43. The molecule has 0 unspecified atom stereocenters. The van der Waals surface area contributed by atoms with Crippen LogP contribution in [-0.4, -0.2) is 5.97 Å². The van der Waals surface area contributed by atoms with Gasteiger partial charge in [0.2, 0.25) is 0 Å². The van der Waals surface area contributed by atoms with Gasteiger partial charge in [-0.2, -0.15) is 5.26 Å². The molecule has 2 aromatic carbocycles. The minimum Gasteiger partial charge on any atom is -0.422 e. The highest BCUT2D eigenvalue weighted by atomic mass is 16.5. The molecular formula is C29H37NO2. The summed E-state index contributed by atoms with van der Waals surface area (Å²) < 4.78 is 5.59. The van der Waals surface area contributed by atoms with Gasteiger partial charge in [0, 0.05) is 0 Å². The number of hydrogen-bond acceptors (Lipinski definition) is 3. The molecule has 1 aliphatic carbocycles. The van der Waals surface area contributed by atoms with E-state index in [1.54, 1.807) is 6.07 Å². The summed E-state index contributed by atoms with van der Waals surface area (Å²) in [6.07, 6.45) is 13.4. The standard InChI is InChI=1S/C29H37NO2/c1-3-4-5-6-7-8-9-23-12-19-28(27(20-23)21-30)32-29(31)26-17-15-25(16-18-26)24-13-10-22(2)11-14-24/h12,15-20,22,24H,3-11,13-14H2,1-2H3. The predicted octanol–water partition coefficient (Wildman–Crippen LogP) is 7.97. The van der Waals surface area contributed by atoms with Crippen molar-refractivity contribution in [3.8, 4) is 11.8 Å². The van der Waals surface area contributed by atoms with Gasteiger partial charge in [0.25, 0.3) is 0 Å². The van der Waals surface area contributed by atoms with Gasteiger partial charge in [-0.25, -0.2) is 4.79 Å². The molecule has 170 valence electrons. The van der Waals surface area contributed by atoms with Crippen molar-refractivity contribution in [1.82, 2.24) is 0 Å². The molecule has 3 heteroatoms. The minimum atomic E-state index is -0.408. The van der Waals surface area contributed by atoms with Crippen LogP contribution in [0.1, 0.15) is 111 Å². The Labute approximate surface area is 193 Å². The highest BCUT2D eigenvalue weighted by Gasteiger charge is 2.20. The summed E-state index contributed by atoms with van der Waals surface area (Å²) in [4.78, 5) is 12.7. The number of esters is 1. The van der Waals surface area contributed by atoms with Crippen LogP contribution in [0.5, 0.6) is 5.75 Å². The van der Waals surface area contributed by atoms with Crippen LogP contribution in [-0.2, 0) is 6.42 Å². The molecule has 0 bridgehead atoms. The summed E-state index contributed by atoms with van der Waals surface area (Å²) in [5.74, 6) is 1.36. The Morgan fingerprint density at radius 2 is 1.66 bits per heavy atom. The van der Waals surface area contributed by atoms with Gasteiger partial charge in [-0.05, 0) is 72.9 Å². The molecule has 0 radical (unpaired) electrons. The van der Waals surface area contributed by atoms with E-state index in [0.717, 1.165) is 24.3 Å². The van der Waals surface area contributed by atoms with Crippen LogP contribution in [0.4, 0.5) is 0 Å². The fraction of sp³-hybridized carbons (Fsp3) is 0.517. The van der Waals surface area contributed by atoms with E-state index < -0.39 is 5.97 Å². The van der Waals surface area contributed by atoms with Crippen molar-refractivity contribution in [3.63, 3.8) is 0 Å². The first kappa shape index (κ1) is 24.1. The Balaban J connectivity index is 1.55. The Morgan fingerprint density at radius 3 is 2.34 bits per heavy atom. The van der Waals surface area contributed by atoms with Crippen molar-refractivity contribution in [2.45, 2.75) is 90.4 Å². The van der Waals surface area contributed by atoms with Crippen molar-refractivity contribution in [2.75, 3.05) is 0 Å². The molecule has 0 N–H and O–H groups in total. The van der Waals surface area contributed by atoms with E-state index in [0.29, 0.717) is 22.8 Å².